The Hall–Kier alpha value is -3.85. The third-order valence-corrected chi connectivity index (χ3v) is 4.38. The van der Waals surface area contributed by atoms with Crippen LogP contribution in [0.15, 0.2) is 54.1 Å². The number of carbonyl (C=O) groups excluding carboxylic acids is 2. The summed E-state index contributed by atoms with van der Waals surface area (Å²) in [4.78, 5) is 24.3. The Morgan fingerprint density at radius 2 is 1.81 bits per heavy atom. The zero-order valence-electron chi connectivity index (χ0n) is 18.0. The van der Waals surface area contributed by atoms with Crippen molar-refractivity contribution in [1.82, 2.24) is 5.32 Å². The number of benzene rings is 2. The van der Waals surface area contributed by atoms with Crippen LogP contribution < -0.4 is 14.8 Å². The van der Waals surface area contributed by atoms with Gasteiger partial charge in [0.2, 0.25) is 0 Å². The van der Waals surface area contributed by atoms with Crippen molar-refractivity contribution in [1.29, 1.82) is 5.26 Å². The van der Waals surface area contributed by atoms with E-state index in [1.54, 1.807) is 24.3 Å². The Balaban J connectivity index is 2.11. The summed E-state index contributed by atoms with van der Waals surface area (Å²) in [6, 6.07) is 14.5. The fourth-order valence-corrected chi connectivity index (χ4v) is 2.63. The number of carbonyl (C=O) groups is 2. The number of nitrogens with one attached hydrogen (secondary N) is 1. The number of aryl methyl sites for hydroxylation is 1. The molecule has 1 N–H and O–H groups in total. The van der Waals surface area contributed by atoms with Crippen LogP contribution in [0.3, 0.4) is 0 Å². The van der Waals surface area contributed by atoms with Gasteiger partial charge in [-0.25, -0.2) is 4.79 Å². The predicted molar refractivity (Wildman–Crippen MR) is 120 cm³/mol. The first-order chi connectivity index (χ1) is 15.0. The second-order valence-corrected chi connectivity index (χ2v) is 6.85. The summed E-state index contributed by atoms with van der Waals surface area (Å²) in [6.45, 7) is 4.53. The summed E-state index contributed by atoms with van der Waals surface area (Å²) >= 11 is 0. The van der Waals surface area contributed by atoms with Gasteiger partial charge >= 0.3 is 5.97 Å². The van der Waals surface area contributed by atoms with Crippen LogP contribution in [0.4, 0.5) is 0 Å². The molecule has 0 atom stereocenters. The predicted octanol–water partition coefficient (Wildman–Crippen LogP) is 4.45. The Morgan fingerprint density at radius 1 is 1.10 bits per heavy atom. The maximum absolute atomic E-state index is 12.2. The van der Waals surface area contributed by atoms with Gasteiger partial charge in [0.25, 0.3) is 5.91 Å². The molecule has 1 amide bonds. The first-order valence-electron chi connectivity index (χ1n) is 10.0. The van der Waals surface area contributed by atoms with E-state index in [1.807, 2.05) is 44.2 Å². The molecule has 0 aromatic heterocycles. The molecule has 2 aromatic carbocycles. The van der Waals surface area contributed by atoms with Crippen molar-refractivity contribution >= 4 is 24.0 Å². The van der Waals surface area contributed by atoms with Crippen LogP contribution in [-0.2, 0) is 9.59 Å². The van der Waals surface area contributed by atoms with E-state index in [0.717, 1.165) is 24.0 Å². The maximum atomic E-state index is 12.2. The molecule has 160 valence electrons. The number of nitriles is 1. The van der Waals surface area contributed by atoms with Crippen LogP contribution in [-0.4, -0.2) is 25.5 Å². The van der Waals surface area contributed by atoms with Crippen molar-refractivity contribution in [2.45, 2.75) is 26.7 Å². The molecule has 2 aromatic rings. The Bertz CT molecular complexity index is 1010. The minimum Gasteiger partial charge on any atom is -0.493 e. The van der Waals surface area contributed by atoms with Crippen molar-refractivity contribution in [3.8, 4) is 17.6 Å². The largest absolute Gasteiger partial charge is 0.493 e. The van der Waals surface area contributed by atoms with Gasteiger partial charge in [0.15, 0.2) is 11.5 Å². The molecule has 0 bridgehead atoms. The van der Waals surface area contributed by atoms with Crippen LogP contribution in [0.25, 0.3) is 12.2 Å². The molecule has 0 saturated carbocycles. The van der Waals surface area contributed by atoms with Gasteiger partial charge in [0, 0.05) is 12.6 Å². The lowest BCUT2D eigenvalue weighted by Crippen LogP contribution is -2.25. The van der Waals surface area contributed by atoms with E-state index in [4.69, 9.17) is 9.47 Å². The molecule has 0 spiro atoms. The molecule has 0 aliphatic rings. The smallest absolute Gasteiger partial charge is 0.336 e. The lowest BCUT2D eigenvalue weighted by Gasteiger charge is -2.09. The van der Waals surface area contributed by atoms with E-state index >= 15 is 0 Å². The number of esters is 1. The fraction of sp³-hybridized carbons (Fsp3) is 0.240. The summed E-state index contributed by atoms with van der Waals surface area (Å²) in [5.74, 6) is -0.416. The molecule has 31 heavy (non-hydrogen) atoms. The number of hydrogen-bond acceptors (Lipinski definition) is 5. The minimum absolute atomic E-state index is 0.0102. The molecule has 0 saturated heterocycles. The maximum Gasteiger partial charge on any atom is 0.336 e. The average Bonchev–Trinajstić information content (AvgIpc) is 2.78. The highest BCUT2D eigenvalue weighted by atomic mass is 16.6. The van der Waals surface area contributed by atoms with Crippen molar-refractivity contribution in [2.75, 3.05) is 13.7 Å². The molecule has 0 fully saturated rings. The normalized spacial score (nSPS) is 11.1. The zero-order valence-corrected chi connectivity index (χ0v) is 18.0. The van der Waals surface area contributed by atoms with Crippen molar-refractivity contribution < 1.29 is 19.1 Å². The van der Waals surface area contributed by atoms with E-state index in [-0.39, 0.29) is 11.3 Å². The molecule has 0 radical (unpaired) electrons. The molecule has 2 rings (SSSR count). The van der Waals surface area contributed by atoms with Crippen LogP contribution in [0, 0.1) is 18.3 Å². The molecule has 0 aliphatic heterocycles. The van der Waals surface area contributed by atoms with Crippen molar-refractivity contribution in [2.24, 2.45) is 0 Å². The van der Waals surface area contributed by atoms with Crippen LogP contribution >= 0.6 is 0 Å². The number of unbranched alkanes of at least 4 members (excludes halogenated alkanes) is 1. The van der Waals surface area contributed by atoms with Gasteiger partial charge in [-0.3, -0.25) is 4.79 Å². The van der Waals surface area contributed by atoms with E-state index < -0.39 is 11.9 Å². The molecule has 6 nitrogen and oxygen atoms in total. The van der Waals surface area contributed by atoms with E-state index in [2.05, 4.69) is 5.32 Å². The fourth-order valence-electron chi connectivity index (χ4n) is 2.63. The molecular weight excluding hydrogens is 392 g/mol. The highest BCUT2D eigenvalue weighted by molar-refractivity contribution is 6.01. The van der Waals surface area contributed by atoms with Gasteiger partial charge in [-0.2, -0.15) is 5.26 Å². The average molecular weight is 418 g/mol. The third-order valence-electron chi connectivity index (χ3n) is 4.38. The summed E-state index contributed by atoms with van der Waals surface area (Å²) in [5.41, 5.74) is 2.59. The van der Waals surface area contributed by atoms with Gasteiger partial charge in [-0.15, -0.1) is 0 Å². The zero-order chi connectivity index (χ0) is 22.6. The standard InChI is InChI=1S/C25H26N2O4/c1-4-5-14-27-25(29)21(17-26)15-20-10-12-22(23(16-20)30-3)31-24(28)13-11-19-8-6-18(2)7-9-19/h6-13,15-16H,4-5,14H2,1-3H3,(H,27,29)/b13-11+,21-15+. The minimum atomic E-state index is -0.546. The molecule has 6 heteroatoms. The van der Waals surface area contributed by atoms with E-state index in [0.29, 0.717) is 17.9 Å². The van der Waals surface area contributed by atoms with Gasteiger partial charge in [-0.05, 0) is 48.8 Å². The van der Waals surface area contributed by atoms with Gasteiger partial charge in [-0.1, -0.05) is 49.2 Å². The van der Waals surface area contributed by atoms with E-state index in [1.165, 1.54) is 19.3 Å². The number of nitrogens with zero attached hydrogens (tertiary/aromatic N) is 1. The Morgan fingerprint density at radius 3 is 2.45 bits per heavy atom. The number of methoxy groups -OCH3 is 1. The monoisotopic (exact) mass is 418 g/mol. The summed E-state index contributed by atoms with van der Waals surface area (Å²) in [5, 5.41) is 12.0. The SMILES string of the molecule is CCCCNC(=O)/C(C#N)=C/c1ccc(OC(=O)/C=C/c2ccc(C)cc2)c(OC)c1. The number of ether oxygens (including phenoxy) is 2. The van der Waals surface area contributed by atoms with Gasteiger partial charge < -0.3 is 14.8 Å². The highest BCUT2D eigenvalue weighted by Crippen LogP contribution is 2.29. The molecule has 0 aliphatic carbocycles. The summed E-state index contributed by atoms with van der Waals surface area (Å²) in [6.07, 6.45) is 6.26. The van der Waals surface area contributed by atoms with E-state index in [9.17, 15) is 14.9 Å². The highest BCUT2D eigenvalue weighted by Gasteiger charge is 2.12. The lowest BCUT2D eigenvalue weighted by molar-refractivity contribution is -0.129. The first-order valence-corrected chi connectivity index (χ1v) is 10.0. The summed E-state index contributed by atoms with van der Waals surface area (Å²) in [7, 11) is 1.45. The molecular formula is C25H26N2O4. The molecule has 0 heterocycles. The Kier molecular flexibility index (Phi) is 9.06. The first kappa shape index (κ1) is 23.4. The van der Waals surface area contributed by atoms with Crippen molar-refractivity contribution in [3.05, 3.63) is 70.8 Å². The van der Waals surface area contributed by atoms with Crippen LogP contribution in [0.1, 0.15) is 36.5 Å². The molecule has 0 unspecified atom stereocenters. The van der Waals surface area contributed by atoms with Gasteiger partial charge in [0.05, 0.1) is 7.11 Å². The van der Waals surface area contributed by atoms with Crippen LogP contribution in [0.5, 0.6) is 11.5 Å². The van der Waals surface area contributed by atoms with Crippen molar-refractivity contribution in [3.63, 3.8) is 0 Å². The number of hydrogen-bond donors (Lipinski definition) is 1. The Labute approximate surface area is 182 Å². The lowest BCUT2D eigenvalue weighted by atomic mass is 10.1. The summed E-state index contributed by atoms with van der Waals surface area (Å²) < 4.78 is 10.7. The number of amides is 1. The third kappa shape index (κ3) is 7.48. The topological polar surface area (TPSA) is 88.4 Å². The second-order valence-electron chi connectivity index (χ2n) is 6.85. The number of rotatable bonds is 9. The quantitative estimate of drug-likeness (QED) is 0.214. The van der Waals surface area contributed by atoms with Crippen LogP contribution in [0.2, 0.25) is 0 Å². The second kappa shape index (κ2) is 12.0. The van der Waals surface area contributed by atoms with Gasteiger partial charge in [0.1, 0.15) is 11.6 Å².